The average molecular weight is 202 g/mol. The lowest BCUT2D eigenvalue weighted by molar-refractivity contribution is -0.660. The highest BCUT2D eigenvalue weighted by molar-refractivity contribution is 5.45. The van der Waals surface area contributed by atoms with Crippen molar-refractivity contribution in [3.05, 3.63) is 42.6 Å². The summed E-state index contributed by atoms with van der Waals surface area (Å²) in [6.07, 6.45) is 1.80. The molecular weight excluding hydrogens is 190 g/mol. The maximum Gasteiger partial charge on any atom is 0.302 e. The summed E-state index contributed by atoms with van der Waals surface area (Å²) >= 11 is 0. The number of methoxy groups -OCH3 is 1. The highest BCUT2D eigenvalue weighted by Crippen LogP contribution is 2.13. The largest absolute Gasteiger partial charge is 0.476 e. The predicted octanol–water partition coefficient (Wildman–Crippen LogP) is 0.949. The van der Waals surface area contributed by atoms with Crippen molar-refractivity contribution in [3.8, 4) is 11.6 Å². The third kappa shape index (κ3) is 1.88. The highest BCUT2D eigenvalue weighted by Gasteiger charge is 2.11. The maximum absolute atomic E-state index is 5.68. The van der Waals surface area contributed by atoms with Crippen molar-refractivity contribution in [1.82, 2.24) is 5.10 Å². The third-order valence-electron chi connectivity index (χ3n) is 2.05. The van der Waals surface area contributed by atoms with E-state index in [4.69, 9.17) is 10.5 Å². The van der Waals surface area contributed by atoms with Crippen LogP contribution in [0.15, 0.2) is 42.6 Å². The van der Waals surface area contributed by atoms with E-state index >= 15 is 0 Å². The minimum Gasteiger partial charge on any atom is -0.476 e. The Labute approximate surface area is 87.9 Å². The number of anilines is 1. The van der Waals surface area contributed by atoms with Gasteiger partial charge in [0, 0.05) is 23.3 Å². The molecule has 4 heteroatoms. The molecule has 0 atom stereocenters. The Hall–Kier alpha value is -2.10. The fraction of sp³-hybridized carbons (Fsp3) is 0.0909. The molecule has 0 radical (unpaired) electrons. The lowest BCUT2D eigenvalue weighted by Crippen LogP contribution is -2.34. The van der Waals surface area contributed by atoms with Crippen LogP contribution in [-0.4, -0.2) is 12.2 Å². The van der Waals surface area contributed by atoms with Crippen molar-refractivity contribution >= 4 is 5.69 Å². The molecule has 0 fully saturated rings. The van der Waals surface area contributed by atoms with Crippen LogP contribution in [0.5, 0.6) is 5.88 Å². The van der Waals surface area contributed by atoms with Crippen LogP contribution in [-0.2, 0) is 0 Å². The summed E-state index contributed by atoms with van der Waals surface area (Å²) < 4.78 is 6.77. The van der Waals surface area contributed by atoms with Gasteiger partial charge in [0.1, 0.15) is 5.69 Å². The zero-order valence-corrected chi connectivity index (χ0v) is 8.42. The van der Waals surface area contributed by atoms with E-state index in [2.05, 4.69) is 5.10 Å². The van der Waals surface area contributed by atoms with E-state index in [1.807, 2.05) is 30.3 Å². The molecule has 0 spiro atoms. The van der Waals surface area contributed by atoms with Gasteiger partial charge in [-0.25, -0.2) is 0 Å². The second-order valence-electron chi connectivity index (χ2n) is 3.06. The molecular formula is C11H12N3O+. The molecule has 1 aromatic heterocycles. The van der Waals surface area contributed by atoms with Crippen molar-refractivity contribution in [3.63, 3.8) is 0 Å². The van der Waals surface area contributed by atoms with Gasteiger partial charge in [-0.2, -0.15) is 0 Å². The molecule has 1 aromatic carbocycles. The quantitative estimate of drug-likeness (QED) is 0.738. The van der Waals surface area contributed by atoms with E-state index in [1.165, 1.54) is 0 Å². The van der Waals surface area contributed by atoms with Gasteiger partial charge in [-0.15, -0.1) is 0 Å². The Bertz CT molecular complexity index is 457. The maximum atomic E-state index is 5.68. The summed E-state index contributed by atoms with van der Waals surface area (Å²) in [5.41, 5.74) is 7.18. The molecule has 15 heavy (non-hydrogen) atoms. The molecule has 2 rings (SSSR count). The van der Waals surface area contributed by atoms with Gasteiger partial charge in [0.2, 0.25) is 11.9 Å². The fourth-order valence-corrected chi connectivity index (χ4v) is 1.29. The van der Waals surface area contributed by atoms with Gasteiger partial charge in [-0.1, -0.05) is 18.2 Å². The van der Waals surface area contributed by atoms with Crippen molar-refractivity contribution < 1.29 is 9.42 Å². The minimum atomic E-state index is 0.432. The first-order valence-corrected chi connectivity index (χ1v) is 4.59. The molecule has 0 saturated carbocycles. The van der Waals surface area contributed by atoms with Crippen molar-refractivity contribution in [2.45, 2.75) is 0 Å². The van der Waals surface area contributed by atoms with Crippen LogP contribution in [0.4, 0.5) is 5.69 Å². The molecule has 0 unspecified atom stereocenters. The highest BCUT2D eigenvalue weighted by atomic mass is 16.5. The lowest BCUT2D eigenvalue weighted by atomic mass is 10.3. The lowest BCUT2D eigenvalue weighted by Gasteiger charge is -1.99. The number of hydrogen-bond donors (Lipinski definition) is 1. The SMILES string of the molecule is COc1n[n+](-c2ccccc2)ccc1N. The number of benzene rings is 1. The number of nitrogens with zero attached hydrogens (tertiary/aromatic N) is 2. The van der Waals surface area contributed by atoms with Crippen molar-refractivity contribution in [1.29, 1.82) is 0 Å². The van der Waals surface area contributed by atoms with Gasteiger partial charge in [0.15, 0.2) is 0 Å². The molecule has 4 nitrogen and oxygen atoms in total. The molecule has 0 saturated heterocycles. The summed E-state index contributed by atoms with van der Waals surface area (Å²) in [5.74, 6) is 0.432. The van der Waals surface area contributed by atoms with E-state index in [0.29, 0.717) is 11.6 Å². The van der Waals surface area contributed by atoms with Gasteiger partial charge in [0.25, 0.3) is 0 Å². The third-order valence-corrected chi connectivity index (χ3v) is 2.05. The normalized spacial score (nSPS) is 9.93. The molecule has 0 aliphatic rings. The van der Waals surface area contributed by atoms with E-state index < -0.39 is 0 Å². The number of nitrogen functional groups attached to an aromatic ring is 1. The van der Waals surface area contributed by atoms with Crippen LogP contribution in [0.25, 0.3) is 5.69 Å². The summed E-state index contributed by atoms with van der Waals surface area (Å²) in [6, 6.07) is 11.5. The van der Waals surface area contributed by atoms with E-state index in [9.17, 15) is 0 Å². The monoisotopic (exact) mass is 202 g/mol. The Kier molecular flexibility index (Phi) is 2.49. The van der Waals surface area contributed by atoms with E-state index in [1.54, 1.807) is 24.1 Å². The average Bonchev–Trinajstić information content (AvgIpc) is 2.31. The molecule has 0 amide bonds. The first kappa shape index (κ1) is 9.45. The molecule has 0 aliphatic carbocycles. The summed E-state index contributed by atoms with van der Waals surface area (Å²) in [7, 11) is 1.55. The number of aromatic nitrogens is 2. The summed E-state index contributed by atoms with van der Waals surface area (Å²) in [6.45, 7) is 0. The number of nitrogens with two attached hydrogens (primary N) is 1. The van der Waals surface area contributed by atoms with Crippen LogP contribution in [0.3, 0.4) is 0 Å². The van der Waals surface area contributed by atoms with E-state index in [0.717, 1.165) is 5.69 Å². The molecule has 2 aromatic rings. The molecule has 2 N–H and O–H groups in total. The van der Waals surface area contributed by atoms with Crippen molar-refractivity contribution in [2.24, 2.45) is 0 Å². The minimum absolute atomic E-state index is 0.432. The van der Waals surface area contributed by atoms with Gasteiger partial charge in [-0.3, -0.25) is 0 Å². The van der Waals surface area contributed by atoms with Gasteiger partial charge in [-0.05, 0) is 4.68 Å². The van der Waals surface area contributed by atoms with Crippen LogP contribution in [0, 0.1) is 0 Å². The number of hydrogen-bond acceptors (Lipinski definition) is 3. The molecule has 0 bridgehead atoms. The first-order valence-electron chi connectivity index (χ1n) is 4.59. The van der Waals surface area contributed by atoms with Crippen LogP contribution in [0.1, 0.15) is 0 Å². The van der Waals surface area contributed by atoms with E-state index in [-0.39, 0.29) is 0 Å². The van der Waals surface area contributed by atoms with Crippen LogP contribution < -0.4 is 15.2 Å². The van der Waals surface area contributed by atoms with Gasteiger partial charge >= 0.3 is 5.88 Å². The number of rotatable bonds is 2. The topological polar surface area (TPSA) is 52.0 Å². The van der Waals surface area contributed by atoms with Crippen molar-refractivity contribution in [2.75, 3.05) is 12.8 Å². The van der Waals surface area contributed by atoms with Gasteiger partial charge < -0.3 is 10.5 Å². The second-order valence-corrected chi connectivity index (χ2v) is 3.06. The Balaban J connectivity index is 2.46. The fourth-order valence-electron chi connectivity index (χ4n) is 1.29. The first-order chi connectivity index (χ1) is 7.31. The van der Waals surface area contributed by atoms with Gasteiger partial charge in [0.05, 0.1) is 7.11 Å². The standard InChI is InChI=1S/C11H11N3O/c1-15-11-10(12)7-8-14(13-11)9-5-3-2-4-6-9/h2-8,12H,1H3/p+1. The molecule has 0 aliphatic heterocycles. The number of ether oxygens (including phenoxy) is 1. The summed E-state index contributed by atoms with van der Waals surface area (Å²) in [5, 5.41) is 4.23. The predicted molar refractivity (Wildman–Crippen MR) is 56.7 cm³/mol. The molecule has 1 heterocycles. The zero-order valence-electron chi connectivity index (χ0n) is 8.42. The Morgan fingerprint density at radius 2 is 1.93 bits per heavy atom. The zero-order chi connectivity index (χ0) is 10.7. The second kappa shape index (κ2) is 3.96. The molecule has 76 valence electrons. The number of para-hydroxylation sites is 1. The smallest absolute Gasteiger partial charge is 0.302 e. The summed E-state index contributed by atoms with van der Waals surface area (Å²) in [4.78, 5) is 0. The Morgan fingerprint density at radius 3 is 2.60 bits per heavy atom. The Morgan fingerprint density at radius 1 is 1.20 bits per heavy atom. The van der Waals surface area contributed by atoms with Crippen LogP contribution >= 0.6 is 0 Å². The van der Waals surface area contributed by atoms with Crippen LogP contribution in [0.2, 0.25) is 0 Å².